The van der Waals surface area contributed by atoms with Gasteiger partial charge in [-0.3, -0.25) is 4.79 Å². The number of benzene rings is 1. The van der Waals surface area contributed by atoms with E-state index in [1.807, 2.05) is 36.4 Å². The van der Waals surface area contributed by atoms with Gasteiger partial charge in [0, 0.05) is 38.9 Å². The number of carbonyl (C=O) groups is 1. The second kappa shape index (κ2) is 10.6. The molecule has 8 nitrogen and oxygen atoms in total. The van der Waals surface area contributed by atoms with Crippen LogP contribution >= 0.6 is 0 Å². The minimum Gasteiger partial charge on any atom is -0.484 e. The third-order valence-corrected chi connectivity index (χ3v) is 7.05. The number of hydrogen-bond donors (Lipinski definition) is 1. The molecule has 0 unspecified atom stereocenters. The quantitative estimate of drug-likeness (QED) is 0.632. The summed E-state index contributed by atoms with van der Waals surface area (Å²) in [5.74, 6) is 1.37. The van der Waals surface area contributed by atoms with E-state index in [1.54, 1.807) is 12.3 Å². The molecule has 168 valence electrons. The van der Waals surface area contributed by atoms with Crippen molar-refractivity contribution >= 4 is 21.7 Å². The lowest BCUT2D eigenvalue weighted by molar-refractivity contribution is -0.122. The number of pyridine rings is 1. The van der Waals surface area contributed by atoms with Crippen LogP contribution in [0.4, 0.5) is 5.82 Å². The molecule has 0 saturated carbocycles. The third-order valence-electron chi connectivity index (χ3n) is 5.18. The normalized spacial score (nSPS) is 15.1. The van der Waals surface area contributed by atoms with Crippen molar-refractivity contribution in [3.8, 4) is 5.75 Å². The Kier molecular flexibility index (Phi) is 7.86. The number of aromatic nitrogens is 1. The fourth-order valence-corrected chi connectivity index (χ4v) is 4.69. The van der Waals surface area contributed by atoms with E-state index in [-0.39, 0.29) is 24.8 Å². The lowest BCUT2D eigenvalue weighted by Gasteiger charge is -2.34. The number of carbonyl (C=O) groups excluding carboxylic acids is 1. The number of rotatable bonds is 9. The van der Waals surface area contributed by atoms with Crippen LogP contribution in [-0.4, -0.2) is 68.7 Å². The van der Waals surface area contributed by atoms with Gasteiger partial charge in [0.25, 0.3) is 5.91 Å². The van der Waals surface area contributed by atoms with E-state index in [1.165, 1.54) is 4.31 Å². The first kappa shape index (κ1) is 23.0. The van der Waals surface area contributed by atoms with Gasteiger partial charge < -0.3 is 15.0 Å². The van der Waals surface area contributed by atoms with Crippen LogP contribution in [0.3, 0.4) is 0 Å². The average molecular weight is 447 g/mol. The summed E-state index contributed by atoms with van der Waals surface area (Å²) in [4.78, 5) is 18.4. The molecule has 1 aliphatic heterocycles. The molecule has 0 aliphatic carbocycles. The first-order valence-electron chi connectivity index (χ1n) is 10.5. The van der Waals surface area contributed by atoms with Gasteiger partial charge in [-0.2, -0.15) is 4.31 Å². The van der Waals surface area contributed by atoms with Crippen LogP contribution in [0.25, 0.3) is 0 Å². The smallest absolute Gasteiger partial charge is 0.257 e. The van der Waals surface area contributed by atoms with Gasteiger partial charge in [0.15, 0.2) is 6.61 Å². The van der Waals surface area contributed by atoms with Gasteiger partial charge in [-0.1, -0.05) is 32.0 Å². The van der Waals surface area contributed by atoms with Crippen molar-refractivity contribution < 1.29 is 17.9 Å². The van der Waals surface area contributed by atoms with Gasteiger partial charge in [0.1, 0.15) is 11.6 Å². The van der Waals surface area contributed by atoms with Gasteiger partial charge in [-0.05, 0) is 35.7 Å². The van der Waals surface area contributed by atoms with Crippen LogP contribution in [0.5, 0.6) is 5.75 Å². The molecule has 0 spiro atoms. The second-order valence-electron chi connectivity index (χ2n) is 7.76. The predicted molar refractivity (Wildman–Crippen MR) is 121 cm³/mol. The molecule has 2 aromatic rings. The van der Waals surface area contributed by atoms with Crippen molar-refractivity contribution in [3.63, 3.8) is 0 Å². The lowest BCUT2D eigenvalue weighted by Crippen LogP contribution is -2.50. The molecule has 0 atom stereocenters. The number of ether oxygens (including phenoxy) is 1. The molecule has 1 aliphatic rings. The van der Waals surface area contributed by atoms with E-state index < -0.39 is 10.0 Å². The molecule has 3 rings (SSSR count). The maximum absolute atomic E-state index is 12.6. The SMILES string of the molecule is CC(C)c1cccc(OCC(=O)NCCS(=O)(=O)N2CCN(c3ccccn3)CC2)c1. The van der Waals surface area contributed by atoms with E-state index in [0.717, 1.165) is 11.4 Å². The molecule has 1 amide bonds. The summed E-state index contributed by atoms with van der Waals surface area (Å²) < 4.78 is 32.2. The lowest BCUT2D eigenvalue weighted by atomic mass is 10.0. The highest BCUT2D eigenvalue weighted by Gasteiger charge is 2.27. The van der Waals surface area contributed by atoms with E-state index in [2.05, 4.69) is 29.0 Å². The Balaban J connectivity index is 1.39. The van der Waals surface area contributed by atoms with Crippen LogP contribution in [0.1, 0.15) is 25.3 Å². The zero-order valence-corrected chi connectivity index (χ0v) is 18.8. The maximum atomic E-state index is 12.6. The molecular weight excluding hydrogens is 416 g/mol. The van der Waals surface area contributed by atoms with E-state index >= 15 is 0 Å². The van der Waals surface area contributed by atoms with Crippen LogP contribution in [0.2, 0.25) is 0 Å². The average Bonchev–Trinajstić information content (AvgIpc) is 2.78. The van der Waals surface area contributed by atoms with Crippen molar-refractivity contribution in [3.05, 3.63) is 54.2 Å². The number of amides is 1. The summed E-state index contributed by atoms with van der Waals surface area (Å²) in [5, 5.41) is 2.63. The Bertz CT molecular complexity index is 958. The summed E-state index contributed by atoms with van der Waals surface area (Å²) in [6.07, 6.45) is 1.73. The van der Waals surface area contributed by atoms with Crippen molar-refractivity contribution in [2.75, 3.05) is 50.0 Å². The van der Waals surface area contributed by atoms with Crippen LogP contribution < -0.4 is 15.0 Å². The Hall–Kier alpha value is -2.65. The van der Waals surface area contributed by atoms with E-state index in [4.69, 9.17) is 4.74 Å². The highest BCUT2D eigenvalue weighted by molar-refractivity contribution is 7.89. The van der Waals surface area contributed by atoms with Crippen LogP contribution in [-0.2, 0) is 14.8 Å². The number of piperazine rings is 1. The van der Waals surface area contributed by atoms with Crippen LogP contribution in [0, 0.1) is 0 Å². The minimum atomic E-state index is -3.44. The van der Waals surface area contributed by atoms with Gasteiger partial charge in [-0.25, -0.2) is 13.4 Å². The molecule has 1 aromatic carbocycles. The zero-order chi connectivity index (χ0) is 22.3. The van der Waals surface area contributed by atoms with Crippen molar-refractivity contribution in [2.45, 2.75) is 19.8 Å². The zero-order valence-electron chi connectivity index (χ0n) is 18.0. The predicted octanol–water partition coefficient (Wildman–Crippen LogP) is 1.85. The Morgan fingerprint density at radius 2 is 1.90 bits per heavy atom. The number of hydrogen-bond acceptors (Lipinski definition) is 6. The minimum absolute atomic E-state index is 0.0526. The fourth-order valence-electron chi connectivity index (χ4n) is 3.35. The highest BCUT2D eigenvalue weighted by Crippen LogP contribution is 2.20. The summed E-state index contributed by atoms with van der Waals surface area (Å²) in [6.45, 7) is 6.07. The molecule has 1 saturated heterocycles. The largest absolute Gasteiger partial charge is 0.484 e. The molecule has 31 heavy (non-hydrogen) atoms. The van der Waals surface area contributed by atoms with Gasteiger partial charge in [0.2, 0.25) is 10.0 Å². The molecule has 0 radical (unpaired) electrons. The molecule has 9 heteroatoms. The molecule has 1 aromatic heterocycles. The fraction of sp³-hybridized carbons (Fsp3) is 0.455. The van der Waals surface area contributed by atoms with E-state index in [0.29, 0.717) is 37.8 Å². The summed E-state index contributed by atoms with van der Waals surface area (Å²) >= 11 is 0. The molecule has 1 fully saturated rings. The van der Waals surface area contributed by atoms with Crippen molar-refractivity contribution in [2.24, 2.45) is 0 Å². The van der Waals surface area contributed by atoms with Crippen molar-refractivity contribution in [1.29, 1.82) is 0 Å². The maximum Gasteiger partial charge on any atom is 0.257 e. The number of sulfonamides is 1. The third kappa shape index (κ3) is 6.67. The monoisotopic (exact) mass is 446 g/mol. The molecule has 2 heterocycles. The first-order chi connectivity index (χ1) is 14.8. The van der Waals surface area contributed by atoms with E-state index in [9.17, 15) is 13.2 Å². The number of nitrogens with zero attached hydrogens (tertiary/aromatic N) is 3. The molecular formula is C22H30N4O4S. The number of nitrogens with one attached hydrogen (secondary N) is 1. The first-order valence-corrected chi connectivity index (χ1v) is 12.1. The summed E-state index contributed by atoms with van der Waals surface area (Å²) in [5.41, 5.74) is 1.13. The number of anilines is 1. The van der Waals surface area contributed by atoms with Crippen LogP contribution in [0.15, 0.2) is 48.7 Å². The Morgan fingerprint density at radius 1 is 1.13 bits per heavy atom. The second-order valence-corrected chi connectivity index (χ2v) is 9.84. The van der Waals surface area contributed by atoms with Crippen molar-refractivity contribution in [1.82, 2.24) is 14.6 Å². The Morgan fingerprint density at radius 3 is 2.58 bits per heavy atom. The summed E-state index contributed by atoms with van der Waals surface area (Å²) in [7, 11) is -3.44. The van der Waals surface area contributed by atoms with Gasteiger partial charge >= 0.3 is 0 Å². The summed E-state index contributed by atoms with van der Waals surface area (Å²) in [6, 6.07) is 13.3. The topological polar surface area (TPSA) is 91.8 Å². The standard InChI is InChI=1S/C22H30N4O4S/c1-18(2)19-6-5-7-20(16-19)30-17-22(27)24-10-15-31(28,29)26-13-11-25(12-14-26)21-8-3-4-9-23-21/h3-9,16,18H,10-15,17H2,1-2H3,(H,24,27). The molecule has 0 bridgehead atoms. The van der Waals surface area contributed by atoms with Gasteiger partial charge in [-0.15, -0.1) is 0 Å². The highest BCUT2D eigenvalue weighted by atomic mass is 32.2. The molecule has 1 N–H and O–H groups in total. The van der Waals surface area contributed by atoms with Gasteiger partial charge in [0.05, 0.1) is 5.75 Å². The Labute approximate surface area is 184 Å².